The highest BCUT2D eigenvalue weighted by Gasteiger charge is 2.16. The maximum atomic E-state index is 10.9. The van der Waals surface area contributed by atoms with Crippen LogP contribution in [0.2, 0.25) is 0 Å². The Hall–Kier alpha value is -3.60. The Balaban J connectivity index is 1.55. The van der Waals surface area contributed by atoms with Gasteiger partial charge in [-0.15, -0.1) is 0 Å². The molecule has 0 unspecified atom stereocenters. The van der Waals surface area contributed by atoms with Crippen LogP contribution in [-0.2, 0) is 0 Å². The second-order valence-corrected chi connectivity index (χ2v) is 8.10. The van der Waals surface area contributed by atoms with Gasteiger partial charge in [-0.2, -0.15) is 20.1 Å². The number of hydrazone groups is 1. The van der Waals surface area contributed by atoms with Gasteiger partial charge in [-0.25, -0.2) is 5.43 Å². The number of hydrogen-bond donors (Lipinski definition) is 2. The topological polar surface area (TPSA) is 121 Å². The van der Waals surface area contributed by atoms with Crippen LogP contribution in [0.5, 0.6) is 0 Å². The Labute approximate surface area is 193 Å². The van der Waals surface area contributed by atoms with Gasteiger partial charge in [-0.3, -0.25) is 10.1 Å². The number of benzene rings is 2. The summed E-state index contributed by atoms with van der Waals surface area (Å²) in [5.74, 6) is 1.19. The van der Waals surface area contributed by atoms with E-state index >= 15 is 0 Å². The minimum absolute atomic E-state index is 0.0184. The lowest BCUT2D eigenvalue weighted by Crippen LogP contribution is -2.31. The standard InChI is InChI=1S/C21H21BrN8O2/c22-16-6-4-15(5-7-16)14-23-28-20-25-19(24-17-8-10-18(11-9-17)30(31)32)26-21(27-20)29-12-2-1-3-13-29/h4-11,14H,1-3,12-13H2,(H2,24,25,26,27,28)/b23-14+. The number of nitro benzene ring substituents is 1. The minimum atomic E-state index is -0.438. The molecule has 2 N–H and O–H groups in total. The number of nitro groups is 1. The number of anilines is 4. The molecule has 3 aromatic rings. The number of non-ortho nitro benzene ring substituents is 1. The van der Waals surface area contributed by atoms with Gasteiger partial charge < -0.3 is 10.2 Å². The van der Waals surface area contributed by atoms with Crippen LogP contribution < -0.4 is 15.6 Å². The molecular formula is C21H21BrN8O2. The van der Waals surface area contributed by atoms with Gasteiger partial charge in [0.1, 0.15) is 0 Å². The summed E-state index contributed by atoms with van der Waals surface area (Å²) in [5, 5.41) is 18.2. The van der Waals surface area contributed by atoms with E-state index < -0.39 is 4.92 Å². The molecule has 1 aliphatic rings. The highest BCUT2D eigenvalue weighted by Crippen LogP contribution is 2.22. The molecule has 2 aromatic carbocycles. The zero-order valence-corrected chi connectivity index (χ0v) is 18.7. The van der Waals surface area contributed by atoms with Crippen LogP contribution in [0.25, 0.3) is 0 Å². The van der Waals surface area contributed by atoms with E-state index in [0.717, 1.165) is 36.0 Å². The lowest BCUT2D eigenvalue weighted by Gasteiger charge is -2.26. The molecule has 0 saturated carbocycles. The average Bonchev–Trinajstić information content (AvgIpc) is 2.81. The lowest BCUT2D eigenvalue weighted by molar-refractivity contribution is -0.384. The van der Waals surface area contributed by atoms with Gasteiger partial charge in [0.2, 0.25) is 17.8 Å². The van der Waals surface area contributed by atoms with E-state index in [1.165, 1.54) is 18.6 Å². The third kappa shape index (κ3) is 5.76. The van der Waals surface area contributed by atoms with Crippen LogP contribution in [0.1, 0.15) is 24.8 Å². The molecule has 1 aliphatic heterocycles. The van der Waals surface area contributed by atoms with Crippen LogP contribution in [-0.4, -0.2) is 39.2 Å². The second kappa shape index (κ2) is 10.1. The first-order valence-electron chi connectivity index (χ1n) is 10.1. The van der Waals surface area contributed by atoms with Gasteiger partial charge in [0.05, 0.1) is 11.1 Å². The summed E-state index contributed by atoms with van der Waals surface area (Å²) in [7, 11) is 0. The summed E-state index contributed by atoms with van der Waals surface area (Å²) in [6, 6.07) is 13.8. The van der Waals surface area contributed by atoms with Crippen molar-refractivity contribution in [2.45, 2.75) is 19.3 Å². The Morgan fingerprint density at radius 3 is 2.34 bits per heavy atom. The fraction of sp³-hybridized carbons (Fsp3) is 0.238. The molecule has 0 amide bonds. The van der Waals surface area contributed by atoms with Crippen molar-refractivity contribution in [1.29, 1.82) is 0 Å². The van der Waals surface area contributed by atoms with E-state index in [1.807, 2.05) is 24.3 Å². The van der Waals surface area contributed by atoms with Gasteiger partial charge in [0.25, 0.3) is 5.69 Å². The summed E-state index contributed by atoms with van der Waals surface area (Å²) in [6.45, 7) is 1.76. The zero-order valence-electron chi connectivity index (χ0n) is 17.1. The highest BCUT2D eigenvalue weighted by atomic mass is 79.9. The van der Waals surface area contributed by atoms with Crippen molar-refractivity contribution >= 4 is 51.4 Å². The molecule has 4 rings (SSSR count). The summed E-state index contributed by atoms with van der Waals surface area (Å²) in [5.41, 5.74) is 4.46. The lowest BCUT2D eigenvalue weighted by atomic mass is 10.1. The molecule has 32 heavy (non-hydrogen) atoms. The highest BCUT2D eigenvalue weighted by molar-refractivity contribution is 9.10. The quantitative estimate of drug-likeness (QED) is 0.273. The summed E-state index contributed by atoms with van der Waals surface area (Å²) < 4.78 is 0.994. The van der Waals surface area contributed by atoms with Crippen LogP contribution in [0.4, 0.5) is 29.2 Å². The number of hydrogen-bond acceptors (Lipinski definition) is 9. The maximum absolute atomic E-state index is 10.9. The molecule has 1 aromatic heterocycles. The fourth-order valence-corrected chi connectivity index (χ4v) is 3.48. The van der Waals surface area contributed by atoms with Crippen molar-refractivity contribution in [3.05, 3.63) is 68.7 Å². The first-order valence-corrected chi connectivity index (χ1v) is 10.9. The molecule has 1 fully saturated rings. The van der Waals surface area contributed by atoms with Crippen LogP contribution in [0.3, 0.4) is 0 Å². The second-order valence-electron chi connectivity index (χ2n) is 7.18. The molecule has 0 spiro atoms. The Bertz CT molecular complexity index is 1100. The Morgan fingerprint density at radius 2 is 1.66 bits per heavy atom. The van der Waals surface area contributed by atoms with Crippen molar-refractivity contribution < 1.29 is 4.92 Å². The van der Waals surface area contributed by atoms with Gasteiger partial charge in [0.15, 0.2) is 0 Å². The van der Waals surface area contributed by atoms with Crippen LogP contribution in [0.15, 0.2) is 58.1 Å². The predicted octanol–water partition coefficient (Wildman–Crippen LogP) is 4.72. The number of nitrogens with one attached hydrogen (secondary N) is 2. The van der Waals surface area contributed by atoms with E-state index in [4.69, 9.17) is 0 Å². The third-order valence-corrected chi connectivity index (χ3v) is 5.37. The van der Waals surface area contributed by atoms with E-state index in [2.05, 4.69) is 51.6 Å². The van der Waals surface area contributed by atoms with Gasteiger partial charge in [-0.1, -0.05) is 28.1 Å². The zero-order chi connectivity index (χ0) is 22.3. The molecular weight excluding hydrogens is 476 g/mol. The van der Waals surface area contributed by atoms with Gasteiger partial charge >= 0.3 is 0 Å². The molecule has 1 saturated heterocycles. The number of aromatic nitrogens is 3. The van der Waals surface area contributed by atoms with E-state index in [0.29, 0.717) is 23.5 Å². The fourth-order valence-electron chi connectivity index (χ4n) is 3.21. The molecule has 2 heterocycles. The van der Waals surface area contributed by atoms with Gasteiger partial charge in [0, 0.05) is 35.4 Å². The van der Waals surface area contributed by atoms with Crippen LogP contribution >= 0.6 is 15.9 Å². The molecule has 0 radical (unpaired) electrons. The van der Waals surface area contributed by atoms with Crippen molar-refractivity contribution in [3.63, 3.8) is 0 Å². The third-order valence-electron chi connectivity index (χ3n) is 4.84. The van der Waals surface area contributed by atoms with E-state index in [9.17, 15) is 10.1 Å². The molecule has 164 valence electrons. The maximum Gasteiger partial charge on any atom is 0.269 e. The number of piperidine rings is 1. The van der Waals surface area contributed by atoms with Crippen molar-refractivity contribution in [1.82, 2.24) is 15.0 Å². The minimum Gasteiger partial charge on any atom is -0.341 e. The summed E-state index contributed by atoms with van der Waals surface area (Å²) in [4.78, 5) is 26.0. The molecule has 0 atom stereocenters. The molecule has 0 aliphatic carbocycles. The summed E-state index contributed by atoms with van der Waals surface area (Å²) >= 11 is 3.41. The Morgan fingerprint density at radius 1 is 0.969 bits per heavy atom. The van der Waals surface area contributed by atoms with Crippen LogP contribution in [0, 0.1) is 10.1 Å². The van der Waals surface area contributed by atoms with Gasteiger partial charge in [-0.05, 0) is 49.1 Å². The van der Waals surface area contributed by atoms with E-state index in [1.54, 1.807) is 18.3 Å². The normalized spacial score (nSPS) is 13.8. The van der Waals surface area contributed by atoms with Crippen molar-refractivity contribution in [3.8, 4) is 0 Å². The smallest absolute Gasteiger partial charge is 0.269 e. The van der Waals surface area contributed by atoms with Crippen molar-refractivity contribution in [2.75, 3.05) is 28.7 Å². The number of rotatable bonds is 7. The van der Waals surface area contributed by atoms with E-state index in [-0.39, 0.29) is 5.69 Å². The summed E-state index contributed by atoms with van der Waals surface area (Å²) in [6.07, 6.45) is 5.04. The first-order chi connectivity index (χ1) is 15.6. The Kier molecular flexibility index (Phi) is 6.85. The monoisotopic (exact) mass is 496 g/mol. The number of nitrogens with zero attached hydrogens (tertiary/aromatic N) is 6. The molecule has 0 bridgehead atoms. The predicted molar refractivity (Wildman–Crippen MR) is 128 cm³/mol. The molecule has 10 nitrogen and oxygen atoms in total. The largest absolute Gasteiger partial charge is 0.341 e. The average molecular weight is 497 g/mol. The first kappa shape index (κ1) is 21.6. The SMILES string of the molecule is O=[N+]([O-])c1ccc(Nc2nc(N/N=C/c3ccc(Br)cc3)nc(N3CCCCC3)n2)cc1. The molecule has 11 heteroatoms. The number of halogens is 1. The van der Waals surface area contributed by atoms with Crippen molar-refractivity contribution in [2.24, 2.45) is 5.10 Å².